The molecule has 0 bridgehead atoms. The van der Waals surface area contributed by atoms with Crippen molar-refractivity contribution in [2.45, 2.75) is 19.8 Å². The predicted molar refractivity (Wildman–Crippen MR) is 73.5 cm³/mol. The second-order valence-corrected chi connectivity index (χ2v) is 4.31. The minimum Gasteiger partial charge on any atom is -0.463 e. The van der Waals surface area contributed by atoms with Gasteiger partial charge in [-0.15, -0.1) is 0 Å². The van der Waals surface area contributed by atoms with E-state index in [2.05, 4.69) is 30.2 Å². The molecule has 7 heteroatoms. The fourth-order valence-corrected chi connectivity index (χ4v) is 1.77. The Morgan fingerprint density at radius 1 is 1.50 bits per heavy atom. The highest BCUT2D eigenvalue weighted by Gasteiger charge is 2.09. The van der Waals surface area contributed by atoms with Crippen LogP contribution in [0.2, 0.25) is 0 Å². The topological polar surface area (TPSA) is 92.8 Å². The van der Waals surface area contributed by atoms with Crippen LogP contribution in [0.5, 0.6) is 0 Å². The first-order valence-corrected chi connectivity index (χ1v) is 6.35. The van der Waals surface area contributed by atoms with Gasteiger partial charge in [-0.2, -0.15) is 5.10 Å². The number of nitrogens with zero attached hydrogens (tertiary/aromatic N) is 3. The second-order valence-electron chi connectivity index (χ2n) is 4.31. The number of methoxy groups -OCH3 is 1. The summed E-state index contributed by atoms with van der Waals surface area (Å²) >= 11 is 0. The molecule has 0 saturated carbocycles. The Bertz CT molecular complexity index is 582. The van der Waals surface area contributed by atoms with Gasteiger partial charge in [0.25, 0.3) is 0 Å². The molecule has 0 amide bonds. The van der Waals surface area contributed by atoms with E-state index in [1.807, 2.05) is 13.1 Å². The molecule has 2 aromatic rings. The molecule has 106 valence electrons. The van der Waals surface area contributed by atoms with E-state index in [1.54, 1.807) is 6.07 Å². The third kappa shape index (κ3) is 3.53. The summed E-state index contributed by atoms with van der Waals surface area (Å²) in [6.07, 6.45) is 5.25. The van der Waals surface area contributed by atoms with Crippen LogP contribution in [0.25, 0.3) is 0 Å². The molecule has 2 heterocycles. The van der Waals surface area contributed by atoms with Crippen LogP contribution < -0.4 is 5.32 Å². The minimum atomic E-state index is -0.539. The van der Waals surface area contributed by atoms with E-state index < -0.39 is 5.97 Å². The zero-order valence-corrected chi connectivity index (χ0v) is 11.5. The van der Waals surface area contributed by atoms with Crippen LogP contribution >= 0.6 is 0 Å². The Morgan fingerprint density at radius 3 is 3.05 bits per heavy atom. The van der Waals surface area contributed by atoms with Crippen molar-refractivity contribution in [3.63, 3.8) is 0 Å². The zero-order valence-electron chi connectivity index (χ0n) is 11.5. The maximum atomic E-state index is 11.3. The molecule has 0 saturated heterocycles. The predicted octanol–water partition coefficient (Wildman–Crippen LogP) is 1.34. The monoisotopic (exact) mass is 275 g/mol. The van der Waals surface area contributed by atoms with Crippen LogP contribution in [0.1, 0.15) is 28.3 Å². The number of carbonyl (C=O) groups excluding carboxylic acids is 1. The molecular weight excluding hydrogens is 258 g/mol. The van der Waals surface area contributed by atoms with Gasteiger partial charge in [0.05, 0.1) is 13.3 Å². The molecule has 7 nitrogen and oxygen atoms in total. The lowest BCUT2D eigenvalue weighted by Crippen LogP contribution is -2.10. The van der Waals surface area contributed by atoms with E-state index in [-0.39, 0.29) is 5.82 Å². The van der Waals surface area contributed by atoms with E-state index in [0.29, 0.717) is 5.82 Å². The maximum absolute atomic E-state index is 11.3. The SMILES string of the molecule is COC(=O)c1nccc(NCCCc2cn[nH]c2C)n1. The molecule has 0 radical (unpaired) electrons. The highest BCUT2D eigenvalue weighted by Crippen LogP contribution is 2.07. The molecule has 20 heavy (non-hydrogen) atoms. The summed E-state index contributed by atoms with van der Waals surface area (Å²) in [5.74, 6) is 0.134. The fourth-order valence-electron chi connectivity index (χ4n) is 1.77. The first-order chi connectivity index (χ1) is 9.70. The highest BCUT2D eigenvalue weighted by molar-refractivity contribution is 5.85. The smallest absolute Gasteiger partial charge is 0.376 e. The lowest BCUT2D eigenvalue weighted by Gasteiger charge is -2.06. The van der Waals surface area contributed by atoms with Crippen molar-refractivity contribution in [2.24, 2.45) is 0 Å². The van der Waals surface area contributed by atoms with Crippen LogP contribution in [-0.4, -0.2) is 39.8 Å². The lowest BCUT2D eigenvalue weighted by molar-refractivity contribution is 0.0587. The Labute approximate surface area is 116 Å². The van der Waals surface area contributed by atoms with Crippen LogP contribution in [-0.2, 0) is 11.2 Å². The van der Waals surface area contributed by atoms with Crippen LogP contribution in [0.4, 0.5) is 5.82 Å². The molecule has 2 aromatic heterocycles. The van der Waals surface area contributed by atoms with Crippen LogP contribution in [0.15, 0.2) is 18.5 Å². The van der Waals surface area contributed by atoms with Crippen molar-refractivity contribution < 1.29 is 9.53 Å². The summed E-state index contributed by atoms with van der Waals surface area (Å²) in [6, 6.07) is 1.72. The number of aryl methyl sites for hydroxylation is 2. The Balaban J connectivity index is 1.82. The molecule has 0 fully saturated rings. The van der Waals surface area contributed by atoms with Crippen molar-refractivity contribution >= 4 is 11.8 Å². The summed E-state index contributed by atoms with van der Waals surface area (Å²) < 4.78 is 4.58. The number of hydrogen-bond acceptors (Lipinski definition) is 6. The summed E-state index contributed by atoms with van der Waals surface area (Å²) in [5.41, 5.74) is 2.31. The van der Waals surface area contributed by atoms with Crippen LogP contribution in [0.3, 0.4) is 0 Å². The number of rotatable bonds is 6. The van der Waals surface area contributed by atoms with Gasteiger partial charge in [0, 0.05) is 18.4 Å². The van der Waals surface area contributed by atoms with E-state index >= 15 is 0 Å². The van der Waals surface area contributed by atoms with Crippen LogP contribution in [0, 0.1) is 6.92 Å². The normalized spacial score (nSPS) is 10.3. The number of ether oxygens (including phenoxy) is 1. The molecule has 2 rings (SSSR count). The number of H-pyrrole nitrogens is 1. The Morgan fingerprint density at radius 2 is 2.35 bits per heavy atom. The number of hydrogen-bond donors (Lipinski definition) is 2. The zero-order chi connectivity index (χ0) is 14.4. The largest absolute Gasteiger partial charge is 0.463 e. The summed E-state index contributed by atoms with van der Waals surface area (Å²) in [6.45, 7) is 2.76. The number of anilines is 1. The maximum Gasteiger partial charge on any atom is 0.376 e. The van der Waals surface area contributed by atoms with Crippen molar-refractivity contribution in [3.8, 4) is 0 Å². The average molecular weight is 275 g/mol. The molecule has 0 aliphatic rings. The molecule has 0 atom stereocenters. The fraction of sp³-hybridized carbons (Fsp3) is 0.385. The number of carbonyl (C=O) groups is 1. The van der Waals surface area contributed by atoms with E-state index in [4.69, 9.17) is 0 Å². The Kier molecular flexibility index (Phi) is 4.65. The number of nitrogens with one attached hydrogen (secondary N) is 2. The van der Waals surface area contributed by atoms with Gasteiger partial charge < -0.3 is 10.1 Å². The van der Waals surface area contributed by atoms with Crippen molar-refractivity contribution in [1.82, 2.24) is 20.2 Å². The standard InChI is InChI=1S/C13H17N5O2/c1-9-10(8-16-18-9)4-3-6-14-11-5-7-15-12(17-11)13(19)20-2/h5,7-8H,3-4,6H2,1-2H3,(H,16,18)(H,14,15,17). The second kappa shape index (κ2) is 6.65. The third-order valence-corrected chi connectivity index (χ3v) is 2.89. The molecule has 0 aliphatic heterocycles. The molecular formula is C13H17N5O2. The van der Waals surface area contributed by atoms with Gasteiger partial charge in [0.15, 0.2) is 0 Å². The van der Waals surface area contributed by atoms with Gasteiger partial charge in [-0.3, -0.25) is 5.10 Å². The molecule has 0 unspecified atom stereocenters. The van der Waals surface area contributed by atoms with Gasteiger partial charge in [0.2, 0.25) is 5.82 Å². The molecule has 0 spiro atoms. The van der Waals surface area contributed by atoms with Gasteiger partial charge in [-0.05, 0) is 31.4 Å². The number of aromatic amines is 1. The first kappa shape index (κ1) is 14.0. The summed E-state index contributed by atoms with van der Waals surface area (Å²) in [7, 11) is 1.30. The molecule has 0 aromatic carbocycles. The van der Waals surface area contributed by atoms with E-state index in [9.17, 15) is 4.79 Å². The van der Waals surface area contributed by atoms with Gasteiger partial charge >= 0.3 is 5.97 Å². The van der Waals surface area contributed by atoms with Gasteiger partial charge in [-0.25, -0.2) is 14.8 Å². The third-order valence-electron chi connectivity index (χ3n) is 2.89. The molecule has 0 aliphatic carbocycles. The average Bonchev–Trinajstić information content (AvgIpc) is 2.88. The van der Waals surface area contributed by atoms with Crippen molar-refractivity contribution in [3.05, 3.63) is 35.5 Å². The van der Waals surface area contributed by atoms with E-state index in [0.717, 1.165) is 25.1 Å². The Hall–Kier alpha value is -2.44. The number of esters is 1. The highest BCUT2D eigenvalue weighted by atomic mass is 16.5. The lowest BCUT2D eigenvalue weighted by atomic mass is 10.1. The quantitative estimate of drug-likeness (QED) is 0.610. The van der Waals surface area contributed by atoms with Gasteiger partial charge in [-0.1, -0.05) is 0 Å². The first-order valence-electron chi connectivity index (χ1n) is 6.35. The van der Waals surface area contributed by atoms with E-state index in [1.165, 1.54) is 18.9 Å². The molecule has 2 N–H and O–H groups in total. The number of aromatic nitrogens is 4. The summed E-state index contributed by atoms with van der Waals surface area (Å²) in [4.78, 5) is 19.2. The van der Waals surface area contributed by atoms with Gasteiger partial charge in [0.1, 0.15) is 5.82 Å². The van der Waals surface area contributed by atoms with Crippen molar-refractivity contribution in [2.75, 3.05) is 19.0 Å². The summed E-state index contributed by atoms with van der Waals surface area (Å²) in [5, 5.41) is 10.0. The minimum absolute atomic E-state index is 0.0585. The van der Waals surface area contributed by atoms with Crippen molar-refractivity contribution in [1.29, 1.82) is 0 Å².